The molecule has 272 valence electrons. The number of aliphatic hydroxyl groups is 1. The van der Waals surface area contributed by atoms with Crippen molar-refractivity contribution in [2.75, 3.05) is 39.6 Å². The number of aliphatic hydroxyl groups excluding tert-OH is 1. The van der Waals surface area contributed by atoms with Crippen LogP contribution >= 0.6 is 0 Å². The third kappa shape index (κ3) is 14.5. The second kappa shape index (κ2) is 19.6. The highest BCUT2D eigenvalue weighted by Gasteiger charge is 2.32. The van der Waals surface area contributed by atoms with Gasteiger partial charge in [-0.15, -0.1) is 0 Å². The van der Waals surface area contributed by atoms with Crippen molar-refractivity contribution >= 4 is 23.8 Å². The van der Waals surface area contributed by atoms with Gasteiger partial charge in [-0.25, -0.2) is 8.42 Å². The lowest BCUT2D eigenvalue weighted by Gasteiger charge is -2.33. The Labute approximate surface area is 293 Å². The highest BCUT2D eigenvalue weighted by molar-refractivity contribution is 7.92. The Morgan fingerprint density at radius 2 is 1.84 bits per heavy atom. The fourth-order valence-corrected chi connectivity index (χ4v) is 7.14. The topological polar surface area (TPSA) is 158 Å². The van der Waals surface area contributed by atoms with Crippen LogP contribution in [0.2, 0.25) is 25.7 Å². The van der Waals surface area contributed by atoms with Crippen LogP contribution in [-0.4, -0.2) is 78.3 Å². The average molecular weight is 718 g/mol. The van der Waals surface area contributed by atoms with Gasteiger partial charge in [0, 0.05) is 59.2 Å². The van der Waals surface area contributed by atoms with E-state index in [0.29, 0.717) is 45.0 Å². The van der Waals surface area contributed by atoms with Crippen LogP contribution in [0.1, 0.15) is 68.7 Å². The maximum Gasteiger partial charge on any atom is 0.250 e. The van der Waals surface area contributed by atoms with Gasteiger partial charge in [0.2, 0.25) is 15.6 Å². The van der Waals surface area contributed by atoms with Gasteiger partial charge in [-0.05, 0) is 61.3 Å². The van der Waals surface area contributed by atoms with Gasteiger partial charge in [-0.3, -0.25) is 10.1 Å². The molecule has 1 heterocycles. The highest BCUT2D eigenvalue weighted by Crippen LogP contribution is 2.32. The van der Waals surface area contributed by atoms with Crippen molar-refractivity contribution < 1.29 is 37.3 Å². The summed E-state index contributed by atoms with van der Waals surface area (Å²) in [6, 6.07) is 12.8. The first kappa shape index (κ1) is 40.6. The molecule has 11 nitrogen and oxygen atoms in total. The van der Waals surface area contributed by atoms with Crippen LogP contribution in [-0.2, 0) is 35.4 Å². The molecule has 49 heavy (non-hydrogen) atoms. The minimum atomic E-state index is -4.09. The zero-order valence-electron chi connectivity index (χ0n) is 29.7. The van der Waals surface area contributed by atoms with Crippen molar-refractivity contribution in [3.05, 3.63) is 59.2 Å². The molecule has 1 unspecified atom stereocenters. The van der Waals surface area contributed by atoms with Crippen molar-refractivity contribution in [3.63, 3.8) is 0 Å². The van der Waals surface area contributed by atoms with E-state index in [1.165, 1.54) is 12.1 Å². The molecule has 5 N–H and O–H groups in total. The maximum absolute atomic E-state index is 13.2. The van der Waals surface area contributed by atoms with E-state index in [0.717, 1.165) is 55.1 Å². The van der Waals surface area contributed by atoms with E-state index in [1.54, 1.807) is 12.1 Å². The SMILES string of the molecule is CC1(C)OCc2cc([C@@H](O)CNCCCCCCOCCC#Cc3cccc(S(=O)(=O)C(NCOCC[Si](C)(C)C)C(N)=O)c3)ccc2O1. The van der Waals surface area contributed by atoms with E-state index < -0.39 is 41.1 Å². The minimum Gasteiger partial charge on any atom is -0.463 e. The lowest BCUT2D eigenvalue weighted by atomic mass is 10.0. The number of carbonyl (C=O) groups is 1. The monoisotopic (exact) mass is 717 g/mol. The third-order valence-electron chi connectivity index (χ3n) is 7.83. The van der Waals surface area contributed by atoms with Crippen LogP contribution in [0.5, 0.6) is 5.75 Å². The molecule has 0 saturated carbocycles. The summed E-state index contributed by atoms with van der Waals surface area (Å²) in [6.07, 6.45) is 3.98. The summed E-state index contributed by atoms with van der Waals surface area (Å²) in [5, 5.41) is 14.9. The largest absolute Gasteiger partial charge is 0.463 e. The first-order chi connectivity index (χ1) is 23.2. The molecule has 2 aromatic rings. The van der Waals surface area contributed by atoms with Crippen LogP contribution in [0.3, 0.4) is 0 Å². The smallest absolute Gasteiger partial charge is 0.250 e. The number of ether oxygens (including phenoxy) is 4. The number of hydrogen-bond acceptors (Lipinski definition) is 10. The Morgan fingerprint density at radius 3 is 2.59 bits per heavy atom. The zero-order chi connectivity index (χ0) is 35.9. The molecule has 1 aliphatic rings. The normalized spacial score (nSPS) is 15.4. The summed E-state index contributed by atoms with van der Waals surface area (Å²) in [6.45, 7) is 13.7. The van der Waals surface area contributed by atoms with Crippen molar-refractivity contribution in [2.24, 2.45) is 5.73 Å². The Balaban J connectivity index is 1.27. The van der Waals surface area contributed by atoms with E-state index in [2.05, 4.69) is 42.1 Å². The second-order valence-corrected chi connectivity index (χ2v) is 21.5. The summed E-state index contributed by atoms with van der Waals surface area (Å²) in [7, 11) is -5.38. The molecule has 3 rings (SSSR count). The zero-order valence-corrected chi connectivity index (χ0v) is 31.5. The van der Waals surface area contributed by atoms with Crippen LogP contribution < -0.4 is 21.1 Å². The molecule has 13 heteroatoms. The standard InChI is InChI=1S/C36H55N3O8SSi/c1-36(2)46-26-30-24-29(16-17-33(30)47-36)32(40)25-38-18-9-6-7-10-19-44-20-11-8-13-28-14-12-15-31(23-28)48(42,43)35(34(37)41)39-27-45-21-22-49(3,4)5/h12,14-17,23-24,32,35,38-40H,6-7,9-11,18-22,25-27H2,1-5H3,(H2,37,41)/t32-,35?/m0/s1. The molecule has 0 saturated heterocycles. The van der Waals surface area contributed by atoms with Crippen LogP contribution in [0.4, 0.5) is 0 Å². The fourth-order valence-electron chi connectivity index (χ4n) is 4.95. The summed E-state index contributed by atoms with van der Waals surface area (Å²) >= 11 is 0. The quantitative estimate of drug-likeness (QED) is 0.0629. The molecule has 1 amide bonds. The molecule has 0 radical (unpaired) electrons. The number of sulfone groups is 1. The van der Waals surface area contributed by atoms with Crippen molar-refractivity contribution in [3.8, 4) is 17.6 Å². The van der Waals surface area contributed by atoms with Crippen LogP contribution in [0.15, 0.2) is 47.4 Å². The van der Waals surface area contributed by atoms with Gasteiger partial charge < -0.3 is 35.1 Å². The first-order valence-corrected chi connectivity index (χ1v) is 22.3. The summed E-state index contributed by atoms with van der Waals surface area (Å²) < 4.78 is 49.1. The molecular formula is C36H55N3O8SSi. The lowest BCUT2D eigenvalue weighted by molar-refractivity contribution is -0.180. The van der Waals surface area contributed by atoms with Gasteiger partial charge in [0.05, 0.1) is 30.9 Å². The van der Waals surface area contributed by atoms with Gasteiger partial charge in [0.25, 0.3) is 5.91 Å². The fraction of sp³-hybridized carbons (Fsp3) is 0.583. The number of benzene rings is 2. The summed E-state index contributed by atoms with van der Waals surface area (Å²) in [4.78, 5) is 12.0. The molecule has 2 aromatic carbocycles. The Bertz CT molecular complexity index is 1520. The molecular weight excluding hydrogens is 663 g/mol. The Morgan fingerprint density at radius 1 is 1.06 bits per heavy atom. The van der Waals surface area contributed by atoms with Crippen molar-refractivity contribution in [1.29, 1.82) is 0 Å². The second-order valence-electron chi connectivity index (χ2n) is 13.9. The number of hydrogen-bond donors (Lipinski definition) is 4. The van der Waals surface area contributed by atoms with Gasteiger partial charge >= 0.3 is 0 Å². The number of rotatable bonds is 21. The van der Waals surface area contributed by atoms with Crippen LogP contribution in [0.25, 0.3) is 0 Å². The van der Waals surface area contributed by atoms with Crippen LogP contribution in [0, 0.1) is 11.8 Å². The van der Waals surface area contributed by atoms with E-state index in [9.17, 15) is 18.3 Å². The van der Waals surface area contributed by atoms with Crippen molar-refractivity contribution in [1.82, 2.24) is 10.6 Å². The number of amides is 1. The van der Waals surface area contributed by atoms with E-state index in [-0.39, 0.29) is 11.6 Å². The number of nitrogens with two attached hydrogens (primary N) is 1. The van der Waals surface area contributed by atoms with Gasteiger partial charge in [-0.2, -0.15) is 0 Å². The van der Waals surface area contributed by atoms with E-state index >= 15 is 0 Å². The third-order valence-corrected chi connectivity index (χ3v) is 11.5. The number of primary amides is 1. The number of nitrogens with one attached hydrogen (secondary N) is 2. The maximum atomic E-state index is 13.2. The lowest BCUT2D eigenvalue weighted by Crippen LogP contribution is -2.47. The highest BCUT2D eigenvalue weighted by atomic mass is 32.2. The number of carbonyl (C=O) groups excluding carboxylic acids is 1. The minimum absolute atomic E-state index is 0.0370. The molecule has 2 atom stereocenters. The molecule has 0 aliphatic carbocycles. The molecule has 0 aromatic heterocycles. The van der Waals surface area contributed by atoms with Gasteiger partial charge in [0.15, 0.2) is 5.37 Å². The predicted molar refractivity (Wildman–Crippen MR) is 193 cm³/mol. The summed E-state index contributed by atoms with van der Waals surface area (Å²) in [5.74, 6) is 5.17. The molecule has 0 bridgehead atoms. The first-order valence-electron chi connectivity index (χ1n) is 17.0. The average Bonchev–Trinajstić information content (AvgIpc) is 3.03. The van der Waals surface area contributed by atoms with Gasteiger partial charge in [0.1, 0.15) is 5.75 Å². The van der Waals surface area contributed by atoms with E-state index in [1.807, 2.05) is 32.0 Å². The summed E-state index contributed by atoms with van der Waals surface area (Å²) in [5.41, 5.74) is 7.74. The number of fused-ring (bicyclic) bond motifs is 1. The molecule has 0 spiro atoms. The predicted octanol–water partition coefficient (Wildman–Crippen LogP) is 4.46. The van der Waals surface area contributed by atoms with Gasteiger partial charge in [-0.1, -0.05) is 56.5 Å². The van der Waals surface area contributed by atoms with Crippen molar-refractivity contribution in [2.45, 2.75) is 100 Å². The van der Waals surface area contributed by atoms with E-state index in [4.69, 9.17) is 24.7 Å². The Hall–Kier alpha value is -2.80. The molecule has 1 aliphatic heterocycles. The molecule has 0 fully saturated rings. The Kier molecular flexibility index (Phi) is 16.2. The number of unbranched alkanes of at least 4 members (excludes halogenated alkanes) is 3.